The van der Waals surface area contributed by atoms with Crippen LogP contribution in [0.5, 0.6) is 0 Å². The number of pyridine rings is 1. The minimum atomic E-state index is -5.37. The lowest BCUT2D eigenvalue weighted by atomic mass is 10.1. The van der Waals surface area contributed by atoms with E-state index in [1.165, 1.54) is 23.5 Å². The lowest BCUT2D eigenvalue weighted by molar-refractivity contribution is -0.0490. The zero-order chi connectivity index (χ0) is 30.5. The van der Waals surface area contributed by atoms with Gasteiger partial charge in [-0.05, 0) is 60.7 Å². The van der Waals surface area contributed by atoms with Crippen molar-refractivity contribution in [3.05, 3.63) is 81.8 Å². The van der Waals surface area contributed by atoms with Gasteiger partial charge in [-0.2, -0.15) is 22.5 Å². The lowest BCUT2D eigenvalue weighted by Gasteiger charge is -2.35. The molecule has 6 rings (SSSR count). The van der Waals surface area contributed by atoms with Crippen LogP contribution in [-0.2, 0) is 22.9 Å². The zero-order valence-corrected chi connectivity index (χ0v) is 25.4. The van der Waals surface area contributed by atoms with Crippen LogP contribution in [0, 0.1) is 0 Å². The Bertz CT molecular complexity index is 1920. The van der Waals surface area contributed by atoms with Crippen LogP contribution in [0.1, 0.15) is 27.9 Å². The average Bonchev–Trinajstić information content (AvgIpc) is 3.45. The Morgan fingerprint density at radius 3 is 2.44 bits per heavy atom. The highest BCUT2D eigenvalue weighted by molar-refractivity contribution is 14.1. The smallest absolute Gasteiger partial charge is 0.369 e. The average molecular weight is 725 g/mol. The van der Waals surface area contributed by atoms with Crippen molar-refractivity contribution < 1.29 is 26.4 Å². The third-order valence-electron chi connectivity index (χ3n) is 7.65. The van der Waals surface area contributed by atoms with E-state index in [9.17, 15) is 31.2 Å². The number of aromatic nitrogens is 3. The van der Waals surface area contributed by atoms with Gasteiger partial charge >= 0.3 is 15.5 Å². The van der Waals surface area contributed by atoms with Gasteiger partial charge in [-0.15, -0.1) is 0 Å². The van der Waals surface area contributed by atoms with Crippen LogP contribution in [0.25, 0.3) is 16.7 Å². The molecule has 4 aromatic rings. The number of hydrogen-bond acceptors (Lipinski definition) is 8. The minimum absolute atomic E-state index is 0.0220. The van der Waals surface area contributed by atoms with Crippen LogP contribution in [0.3, 0.4) is 0 Å². The number of carbonyl (C=O) groups excluding carboxylic acids is 1. The van der Waals surface area contributed by atoms with Crippen molar-refractivity contribution in [2.75, 3.05) is 36.4 Å². The van der Waals surface area contributed by atoms with Gasteiger partial charge in [0.15, 0.2) is 5.65 Å². The fourth-order valence-corrected chi connectivity index (χ4v) is 6.78. The van der Waals surface area contributed by atoms with E-state index in [4.69, 9.17) is 0 Å². The predicted molar refractivity (Wildman–Crippen MR) is 164 cm³/mol. The van der Waals surface area contributed by atoms with Gasteiger partial charge in [0.05, 0.1) is 10.9 Å². The molecule has 0 amide bonds. The SMILES string of the molecule is O=C(I)c1cn(-c2ccc3c(c2)CCC3)c2nc(Nc3cccc(N4CCN(S(=O)(=O)C(F)(F)F)CC4)c3)ncc2c1=O. The number of nitrogens with one attached hydrogen (secondary N) is 1. The molecule has 224 valence electrons. The molecule has 1 N–H and O–H groups in total. The molecule has 1 aliphatic carbocycles. The second-order valence-electron chi connectivity index (χ2n) is 10.3. The first-order valence-corrected chi connectivity index (χ1v) is 15.9. The van der Waals surface area contributed by atoms with Crippen LogP contribution in [0.2, 0.25) is 0 Å². The number of halogens is 4. The highest BCUT2D eigenvalue weighted by atomic mass is 127. The first-order chi connectivity index (χ1) is 20.4. The number of piperazine rings is 1. The number of sulfonamides is 1. The minimum Gasteiger partial charge on any atom is -0.369 e. The predicted octanol–water partition coefficient (Wildman–Crippen LogP) is 4.56. The fourth-order valence-electron chi connectivity index (χ4n) is 5.46. The number of rotatable bonds is 6. The Morgan fingerprint density at radius 1 is 0.977 bits per heavy atom. The second-order valence-corrected chi connectivity index (χ2v) is 13.2. The van der Waals surface area contributed by atoms with E-state index in [1.54, 1.807) is 56.3 Å². The van der Waals surface area contributed by atoms with Crippen LogP contribution in [0.4, 0.5) is 30.5 Å². The molecule has 15 heteroatoms. The number of aryl methyl sites for hydroxylation is 2. The van der Waals surface area contributed by atoms with E-state index >= 15 is 0 Å². The molecule has 0 bridgehead atoms. The molecular formula is C28H24F3IN6O4S. The molecule has 1 saturated heterocycles. The number of fused-ring (bicyclic) bond motifs is 2. The summed E-state index contributed by atoms with van der Waals surface area (Å²) in [5.74, 6) is 0.189. The van der Waals surface area contributed by atoms with Crippen molar-refractivity contribution in [2.24, 2.45) is 0 Å². The maximum Gasteiger partial charge on any atom is 0.511 e. The summed E-state index contributed by atoms with van der Waals surface area (Å²) in [6.45, 7) is -0.434. The van der Waals surface area contributed by atoms with E-state index in [0.717, 1.165) is 24.9 Å². The molecule has 43 heavy (non-hydrogen) atoms. The van der Waals surface area contributed by atoms with Crippen LogP contribution in [-0.4, -0.2) is 62.7 Å². The van der Waals surface area contributed by atoms with Crippen molar-refractivity contribution in [3.63, 3.8) is 0 Å². The number of alkyl halides is 3. The third-order valence-corrected chi connectivity index (χ3v) is 9.87. The quantitative estimate of drug-likeness (QED) is 0.228. The van der Waals surface area contributed by atoms with Gasteiger partial charge < -0.3 is 14.8 Å². The van der Waals surface area contributed by atoms with Gasteiger partial charge in [0.25, 0.3) is 0 Å². The van der Waals surface area contributed by atoms with Crippen molar-refractivity contribution >= 4 is 64.8 Å². The summed E-state index contributed by atoms with van der Waals surface area (Å²) in [6, 6.07) is 13.1. The Labute approximate surface area is 257 Å². The monoisotopic (exact) mass is 724 g/mol. The number of benzene rings is 2. The number of hydrogen-bond donors (Lipinski definition) is 1. The molecule has 0 spiro atoms. The summed E-state index contributed by atoms with van der Waals surface area (Å²) in [7, 11) is -5.37. The molecule has 1 aliphatic heterocycles. The van der Waals surface area contributed by atoms with Gasteiger partial charge in [0.1, 0.15) is 0 Å². The van der Waals surface area contributed by atoms with Gasteiger partial charge in [-0.1, -0.05) is 12.1 Å². The second kappa shape index (κ2) is 11.2. The standard InChI is InChI=1S/C28H24F3IN6O4S/c29-28(30,31)43(41,42)37-11-9-36(10-12-37)20-6-2-5-19(14-20)34-27-33-15-22-24(39)23(25(32)40)16-38(26(22)35-27)21-8-7-17-3-1-4-18(17)13-21/h2,5-8,13-16H,1,3-4,9-12H2,(H,33,34,35). The first kappa shape index (κ1) is 29.5. The Kier molecular flexibility index (Phi) is 7.66. The molecule has 0 saturated carbocycles. The topological polar surface area (TPSA) is 118 Å². The Balaban J connectivity index is 1.29. The van der Waals surface area contributed by atoms with Crippen molar-refractivity contribution in [1.29, 1.82) is 0 Å². The van der Waals surface area contributed by atoms with Crippen LogP contribution < -0.4 is 15.6 Å². The van der Waals surface area contributed by atoms with Gasteiger partial charge in [-0.25, -0.2) is 13.4 Å². The largest absolute Gasteiger partial charge is 0.511 e. The zero-order valence-electron chi connectivity index (χ0n) is 22.4. The van der Waals surface area contributed by atoms with Crippen molar-refractivity contribution in [3.8, 4) is 5.69 Å². The highest BCUT2D eigenvalue weighted by Crippen LogP contribution is 2.30. The molecule has 1 fully saturated rings. The molecule has 2 aromatic heterocycles. The van der Waals surface area contributed by atoms with Crippen LogP contribution in [0.15, 0.2) is 59.7 Å². The molecule has 2 aromatic carbocycles. The summed E-state index contributed by atoms with van der Waals surface area (Å²) in [4.78, 5) is 36.2. The maximum atomic E-state index is 13.1. The summed E-state index contributed by atoms with van der Waals surface area (Å²) in [5, 5.41) is 3.31. The molecule has 10 nitrogen and oxygen atoms in total. The Hall–Kier alpha value is -3.57. The first-order valence-electron chi connectivity index (χ1n) is 13.4. The van der Waals surface area contributed by atoms with Gasteiger partial charge in [-0.3, -0.25) is 9.59 Å². The van der Waals surface area contributed by atoms with E-state index in [0.29, 0.717) is 21.3 Å². The number of nitrogens with zero attached hydrogens (tertiary/aromatic N) is 5. The molecule has 2 aliphatic rings. The Morgan fingerprint density at radius 2 is 1.72 bits per heavy atom. The molecular weight excluding hydrogens is 700 g/mol. The fraction of sp³-hybridized carbons (Fsp3) is 0.286. The lowest BCUT2D eigenvalue weighted by Crippen LogP contribution is -2.52. The van der Waals surface area contributed by atoms with Crippen LogP contribution >= 0.6 is 22.6 Å². The summed E-state index contributed by atoms with van der Waals surface area (Å²) in [6.07, 6.45) is 5.91. The third kappa shape index (κ3) is 5.60. The number of carbonyl (C=O) groups is 1. The van der Waals surface area contributed by atoms with E-state index in [-0.39, 0.29) is 43.1 Å². The van der Waals surface area contributed by atoms with Gasteiger partial charge in [0, 0.05) is 78.2 Å². The summed E-state index contributed by atoms with van der Waals surface area (Å²) >= 11 is 1.59. The molecule has 3 heterocycles. The molecule has 0 unspecified atom stereocenters. The normalized spacial score (nSPS) is 16.0. The maximum absolute atomic E-state index is 13.1. The molecule has 0 atom stereocenters. The van der Waals surface area contributed by atoms with Crippen molar-refractivity contribution in [2.45, 2.75) is 24.8 Å². The number of anilines is 3. The van der Waals surface area contributed by atoms with Gasteiger partial charge in [0.2, 0.25) is 15.2 Å². The summed E-state index contributed by atoms with van der Waals surface area (Å²) < 4.78 is 64.1. The van der Waals surface area contributed by atoms with E-state index in [1.807, 2.05) is 12.1 Å². The molecule has 0 radical (unpaired) electrons. The van der Waals surface area contributed by atoms with Crippen molar-refractivity contribution in [1.82, 2.24) is 18.8 Å². The van der Waals surface area contributed by atoms with E-state index in [2.05, 4.69) is 21.4 Å². The highest BCUT2D eigenvalue weighted by Gasteiger charge is 2.50. The van der Waals surface area contributed by atoms with E-state index < -0.39 is 24.8 Å². The summed E-state index contributed by atoms with van der Waals surface area (Å²) in [5.41, 5.74) is -0.948.